The highest BCUT2D eigenvalue weighted by atomic mass is 32.1. The fourth-order valence-electron chi connectivity index (χ4n) is 3.83. The maximum absolute atomic E-state index is 5.75. The minimum absolute atomic E-state index is 0.392. The Morgan fingerprint density at radius 3 is 2.80 bits per heavy atom. The zero-order valence-electron chi connectivity index (χ0n) is 12.4. The average molecular weight is 298 g/mol. The number of hydrogen-bond donors (Lipinski definition) is 2. The van der Waals surface area contributed by atoms with Crippen LogP contribution in [-0.4, -0.2) is 49.2 Å². The lowest BCUT2D eigenvalue weighted by Crippen LogP contribution is -3.17. The van der Waals surface area contributed by atoms with Crippen molar-refractivity contribution in [2.24, 2.45) is 5.92 Å². The summed E-state index contributed by atoms with van der Waals surface area (Å²) in [7, 11) is 0. The van der Waals surface area contributed by atoms with E-state index in [1.165, 1.54) is 51.5 Å². The summed E-state index contributed by atoms with van der Waals surface area (Å²) in [4.78, 5) is 3.97. The summed E-state index contributed by atoms with van der Waals surface area (Å²) >= 11 is 5.46. The van der Waals surface area contributed by atoms with Crippen molar-refractivity contribution >= 4 is 17.3 Å². The maximum Gasteiger partial charge on any atom is 0.177 e. The quantitative estimate of drug-likeness (QED) is 0.749. The van der Waals surface area contributed by atoms with E-state index in [2.05, 4.69) is 10.2 Å². The van der Waals surface area contributed by atoms with Gasteiger partial charge in [0.2, 0.25) is 0 Å². The minimum Gasteiger partial charge on any atom is -0.376 e. The van der Waals surface area contributed by atoms with Crippen LogP contribution in [0.4, 0.5) is 0 Å². The SMILES string of the molecule is S=C1NC[NH+](CC2CCCCC2)CN1C[C@H]1CCCO1. The number of hydrogen-bond acceptors (Lipinski definition) is 2. The molecule has 1 unspecified atom stereocenters. The fraction of sp³-hybridized carbons (Fsp3) is 0.933. The van der Waals surface area contributed by atoms with Gasteiger partial charge in [0.15, 0.2) is 18.4 Å². The first-order chi connectivity index (χ1) is 9.81. The van der Waals surface area contributed by atoms with E-state index < -0.39 is 0 Å². The Hall–Kier alpha value is -0.390. The normalized spacial score (nSPS) is 32.4. The number of rotatable bonds is 4. The fourth-order valence-corrected chi connectivity index (χ4v) is 4.04. The Morgan fingerprint density at radius 1 is 1.20 bits per heavy atom. The van der Waals surface area contributed by atoms with Crippen LogP contribution in [0.15, 0.2) is 0 Å². The molecule has 3 aliphatic rings. The number of quaternary nitrogens is 1. The lowest BCUT2D eigenvalue weighted by molar-refractivity contribution is -0.917. The molecule has 2 atom stereocenters. The molecule has 0 radical (unpaired) electrons. The molecule has 2 heterocycles. The molecule has 0 spiro atoms. The molecule has 1 saturated carbocycles. The van der Waals surface area contributed by atoms with E-state index in [-0.39, 0.29) is 0 Å². The predicted molar refractivity (Wildman–Crippen MR) is 83.6 cm³/mol. The molecule has 114 valence electrons. The number of thiocarbonyl (C=S) groups is 1. The van der Waals surface area contributed by atoms with Gasteiger partial charge in [-0.15, -0.1) is 0 Å². The predicted octanol–water partition coefficient (Wildman–Crippen LogP) is 0.736. The van der Waals surface area contributed by atoms with Gasteiger partial charge in [-0.1, -0.05) is 19.3 Å². The summed E-state index contributed by atoms with van der Waals surface area (Å²) in [6.07, 6.45) is 9.96. The summed E-state index contributed by atoms with van der Waals surface area (Å²) in [5, 5.41) is 4.33. The van der Waals surface area contributed by atoms with Gasteiger partial charge < -0.3 is 15.0 Å². The number of nitrogens with one attached hydrogen (secondary N) is 2. The molecule has 20 heavy (non-hydrogen) atoms. The van der Waals surface area contributed by atoms with Crippen LogP contribution >= 0.6 is 12.2 Å². The van der Waals surface area contributed by atoms with Crippen molar-refractivity contribution in [3.05, 3.63) is 0 Å². The van der Waals surface area contributed by atoms with Gasteiger partial charge in [-0.3, -0.25) is 4.90 Å². The molecule has 2 saturated heterocycles. The molecule has 3 rings (SSSR count). The number of ether oxygens (including phenoxy) is 1. The van der Waals surface area contributed by atoms with Gasteiger partial charge in [-0.25, -0.2) is 0 Å². The summed E-state index contributed by atoms with van der Waals surface area (Å²) in [5.41, 5.74) is 0. The third kappa shape index (κ3) is 3.83. The van der Waals surface area contributed by atoms with E-state index in [4.69, 9.17) is 17.0 Å². The van der Waals surface area contributed by atoms with Crippen molar-refractivity contribution in [3.8, 4) is 0 Å². The molecule has 3 fully saturated rings. The van der Waals surface area contributed by atoms with Crippen molar-refractivity contribution in [2.45, 2.75) is 51.0 Å². The van der Waals surface area contributed by atoms with Gasteiger partial charge in [-0.05, 0) is 37.9 Å². The molecule has 0 aromatic rings. The van der Waals surface area contributed by atoms with E-state index in [1.807, 2.05) is 0 Å². The van der Waals surface area contributed by atoms with E-state index >= 15 is 0 Å². The van der Waals surface area contributed by atoms with Gasteiger partial charge in [0.1, 0.15) is 0 Å². The van der Waals surface area contributed by atoms with E-state index in [1.54, 1.807) is 4.90 Å². The molecule has 0 aromatic heterocycles. The van der Waals surface area contributed by atoms with E-state index in [0.29, 0.717) is 6.10 Å². The smallest absolute Gasteiger partial charge is 0.177 e. The zero-order valence-corrected chi connectivity index (χ0v) is 13.2. The van der Waals surface area contributed by atoms with Crippen molar-refractivity contribution in [1.29, 1.82) is 0 Å². The molecular formula is C15H28N3OS+. The first-order valence-corrected chi connectivity index (χ1v) is 8.70. The van der Waals surface area contributed by atoms with Gasteiger partial charge >= 0.3 is 0 Å². The second kappa shape index (κ2) is 7.05. The Kier molecular flexibility index (Phi) is 5.13. The monoisotopic (exact) mass is 298 g/mol. The molecule has 0 bridgehead atoms. The van der Waals surface area contributed by atoms with Crippen molar-refractivity contribution in [1.82, 2.24) is 10.2 Å². The third-order valence-corrected chi connectivity index (χ3v) is 5.34. The lowest BCUT2D eigenvalue weighted by Gasteiger charge is -2.38. The van der Waals surface area contributed by atoms with Gasteiger partial charge in [-0.2, -0.15) is 0 Å². The zero-order chi connectivity index (χ0) is 13.8. The Bertz CT molecular complexity index is 327. The van der Waals surface area contributed by atoms with Crippen LogP contribution in [0, 0.1) is 5.92 Å². The first-order valence-electron chi connectivity index (χ1n) is 8.29. The van der Waals surface area contributed by atoms with Crippen LogP contribution in [0.1, 0.15) is 44.9 Å². The summed E-state index contributed by atoms with van der Waals surface area (Å²) in [6.45, 7) is 5.26. The molecule has 2 aliphatic heterocycles. The Balaban J connectivity index is 1.48. The van der Waals surface area contributed by atoms with Crippen molar-refractivity contribution < 1.29 is 9.64 Å². The standard InChI is InChI=1S/C15H27N3OS/c20-15-16-11-17(9-13-5-2-1-3-6-13)12-18(15)10-14-7-4-8-19-14/h13-14H,1-12H2,(H,16,20)/p+1/t14-/m1/s1. The van der Waals surface area contributed by atoms with Crippen LogP contribution in [0.5, 0.6) is 0 Å². The van der Waals surface area contributed by atoms with Gasteiger partial charge in [0.05, 0.1) is 19.2 Å². The lowest BCUT2D eigenvalue weighted by atomic mass is 9.89. The summed E-state index contributed by atoms with van der Waals surface area (Å²) in [5.74, 6) is 0.928. The third-order valence-electron chi connectivity index (χ3n) is 4.94. The van der Waals surface area contributed by atoms with Crippen LogP contribution in [0.2, 0.25) is 0 Å². The molecule has 2 N–H and O–H groups in total. The highest BCUT2D eigenvalue weighted by molar-refractivity contribution is 7.80. The highest BCUT2D eigenvalue weighted by Crippen LogP contribution is 2.22. The topological polar surface area (TPSA) is 28.9 Å². The molecule has 5 heteroatoms. The largest absolute Gasteiger partial charge is 0.376 e. The van der Waals surface area contributed by atoms with Crippen LogP contribution in [0.25, 0.3) is 0 Å². The van der Waals surface area contributed by atoms with Crippen LogP contribution < -0.4 is 10.2 Å². The molecule has 4 nitrogen and oxygen atoms in total. The summed E-state index contributed by atoms with van der Waals surface area (Å²) < 4.78 is 5.75. The van der Waals surface area contributed by atoms with E-state index in [0.717, 1.165) is 37.5 Å². The van der Waals surface area contributed by atoms with Crippen molar-refractivity contribution in [3.63, 3.8) is 0 Å². The first kappa shape index (κ1) is 14.5. The molecule has 0 amide bonds. The van der Waals surface area contributed by atoms with Crippen LogP contribution in [-0.2, 0) is 4.74 Å². The Labute approximate surface area is 127 Å². The van der Waals surface area contributed by atoms with Crippen molar-refractivity contribution in [2.75, 3.05) is 33.0 Å². The maximum atomic E-state index is 5.75. The molecular weight excluding hydrogens is 270 g/mol. The second-order valence-electron chi connectivity index (χ2n) is 6.63. The summed E-state index contributed by atoms with van der Waals surface area (Å²) in [6, 6.07) is 0. The highest BCUT2D eigenvalue weighted by Gasteiger charge is 2.29. The van der Waals surface area contributed by atoms with E-state index in [9.17, 15) is 0 Å². The number of nitrogens with zero attached hydrogens (tertiary/aromatic N) is 1. The van der Waals surface area contributed by atoms with Crippen LogP contribution in [0.3, 0.4) is 0 Å². The Morgan fingerprint density at radius 2 is 2.05 bits per heavy atom. The molecule has 1 aliphatic carbocycles. The molecule has 0 aromatic carbocycles. The second-order valence-corrected chi connectivity index (χ2v) is 7.02. The minimum atomic E-state index is 0.392. The average Bonchev–Trinajstić information content (AvgIpc) is 2.97. The van der Waals surface area contributed by atoms with Gasteiger partial charge in [0, 0.05) is 12.5 Å². The van der Waals surface area contributed by atoms with Gasteiger partial charge in [0.25, 0.3) is 0 Å².